The molecule has 18 heavy (non-hydrogen) atoms. The van der Waals surface area contributed by atoms with E-state index in [1.807, 2.05) is 19.1 Å². The Balaban J connectivity index is 2.77. The third kappa shape index (κ3) is 4.04. The van der Waals surface area contributed by atoms with Gasteiger partial charge < -0.3 is 14.8 Å². The fraction of sp³-hybridized carbons (Fsp3) is 0.500. The third-order valence-electron chi connectivity index (χ3n) is 2.82. The molecular formula is C14H21NO3. The molecule has 4 nitrogen and oxygen atoms in total. The van der Waals surface area contributed by atoms with Crippen molar-refractivity contribution in [3.8, 4) is 0 Å². The summed E-state index contributed by atoms with van der Waals surface area (Å²) < 4.78 is 9.76. The molecule has 0 fully saturated rings. The first-order chi connectivity index (χ1) is 8.58. The molecule has 0 heterocycles. The van der Waals surface area contributed by atoms with Crippen molar-refractivity contribution in [1.82, 2.24) is 0 Å². The minimum absolute atomic E-state index is 0.288. The molecule has 1 rings (SSSR count). The summed E-state index contributed by atoms with van der Waals surface area (Å²) in [5.74, 6) is -0.317. The van der Waals surface area contributed by atoms with Gasteiger partial charge in [0.2, 0.25) is 0 Å². The molecule has 0 saturated heterocycles. The second-order valence-corrected chi connectivity index (χ2v) is 4.35. The smallest absolute Gasteiger partial charge is 0.337 e. The predicted molar refractivity (Wildman–Crippen MR) is 72.1 cm³/mol. The van der Waals surface area contributed by atoms with Crippen LogP contribution in [0.3, 0.4) is 0 Å². The maximum atomic E-state index is 11.5. The highest BCUT2D eigenvalue weighted by Gasteiger charge is 2.09. The minimum Gasteiger partial charge on any atom is -0.465 e. The van der Waals surface area contributed by atoms with Gasteiger partial charge in [0.25, 0.3) is 0 Å². The number of carbonyl (C=O) groups is 1. The lowest BCUT2D eigenvalue weighted by Crippen LogP contribution is -2.18. The quantitative estimate of drug-likeness (QED) is 0.789. The van der Waals surface area contributed by atoms with Crippen molar-refractivity contribution in [2.24, 2.45) is 0 Å². The van der Waals surface area contributed by atoms with E-state index in [-0.39, 0.29) is 12.0 Å². The van der Waals surface area contributed by atoms with Crippen molar-refractivity contribution in [2.75, 3.05) is 26.1 Å². The van der Waals surface area contributed by atoms with Gasteiger partial charge in [0.15, 0.2) is 0 Å². The summed E-state index contributed by atoms with van der Waals surface area (Å²) in [5.41, 5.74) is 2.62. The molecule has 1 aromatic rings. The molecule has 100 valence electrons. The topological polar surface area (TPSA) is 47.6 Å². The second-order valence-electron chi connectivity index (χ2n) is 4.35. The van der Waals surface area contributed by atoms with Crippen LogP contribution in [0.2, 0.25) is 0 Å². The number of nitrogens with one attached hydrogen (secondary N) is 1. The number of carbonyl (C=O) groups excluding carboxylic acids is 1. The molecule has 0 bridgehead atoms. The van der Waals surface area contributed by atoms with Gasteiger partial charge in [-0.05, 0) is 38.0 Å². The van der Waals surface area contributed by atoms with Crippen LogP contribution in [-0.4, -0.2) is 32.8 Å². The van der Waals surface area contributed by atoms with Crippen LogP contribution in [0.15, 0.2) is 18.2 Å². The number of hydrogen-bond donors (Lipinski definition) is 1. The summed E-state index contributed by atoms with van der Waals surface area (Å²) >= 11 is 0. The van der Waals surface area contributed by atoms with Crippen LogP contribution in [-0.2, 0) is 9.47 Å². The largest absolute Gasteiger partial charge is 0.465 e. The van der Waals surface area contributed by atoms with Gasteiger partial charge in [-0.1, -0.05) is 6.07 Å². The van der Waals surface area contributed by atoms with E-state index in [0.29, 0.717) is 12.2 Å². The van der Waals surface area contributed by atoms with Gasteiger partial charge in [-0.15, -0.1) is 0 Å². The molecule has 0 saturated carbocycles. The van der Waals surface area contributed by atoms with E-state index < -0.39 is 0 Å². The van der Waals surface area contributed by atoms with Gasteiger partial charge in [-0.3, -0.25) is 0 Å². The maximum Gasteiger partial charge on any atom is 0.337 e. The van der Waals surface area contributed by atoms with Crippen LogP contribution < -0.4 is 5.32 Å². The molecule has 0 aromatic heterocycles. The van der Waals surface area contributed by atoms with Gasteiger partial charge in [0.1, 0.15) is 0 Å². The van der Waals surface area contributed by atoms with E-state index in [1.54, 1.807) is 13.2 Å². The van der Waals surface area contributed by atoms with Crippen LogP contribution in [0.25, 0.3) is 0 Å². The molecule has 1 aromatic carbocycles. The molecule has 1 atom stereocenters. The number of benzene rings is 1. The fourth-order valence-electron chi connectivity index (χ4n) is 1.65. The molecule has 0 radical (unpaired) electrons. The number of ether oxygens (including phenoxy) is 2. The van der Waals surface area contributed by atoms with Gasteiger partial charge in [-0.25, -0.2) is 4.79 Å². The van der Waals surface area contributed by atoms with Crippen molar-refractivity contribution < 1.29 is 14.3 Å². The van der Waals surface area contributed by atoms with Crippen LogP contribution in [0, 0.1) is 6.92 Å². The summed E-state index contributed by atoms with van der Waals surface area (Å²) in [5, 5.41) is 3.38. The normalized spacial score (nSPS) is 12.0. The average molecular weight is 251 g/mol. The first kappa shape index (κ1) is 14.5. The molecule has 0 aliphatic heterocycles. The zero-order valence-electron chi connectivity index (χ0n) is 11.4. The standard InChI is InChI=1S/C14H21NO3/c1-10-5-6-12(14(16)18-4)9-13(10)15-11(2)7-8-17-3/h5-6,9,11,15H,7-8H2,1-4H3. The highest BCUT2D eigenvalue weighted by atomic mass is 16.5. The summed E-state index contributed by atoms with van der Waals surface area (Å²) in [6.45, 7) is 4.81. The highest BCUT2D eigenvalue weighted by Crippen LogP contribution is 2.19. The minimum atomic E-state index is -0.317. The Morgan fingerprint density at radius 2 is 2.11 bits per heavy atom. The number of esters is 1. The highest BCUT2D eigenvalue weighted by molar-refractivity contribution is 5.90. The Morgan fingerprint density at radius 1 is 1.39 bits per heavy atom. The number of rotatable bonds is 6. The molecule has 0 aliphatic rings. The number of anilines is 1. The molecule has 0 spiro atoms. The first-order valence-electron chi connectivity index (χ1n) is 6.03. The predicted octanol–water partition coefficient (Wildman–Crippen LogP) is 2.62. The lowest BCUT2D eigenvalue weighted by atomic mass is 10.1. The van der Waals surface area contributed by atoms with E-state index in [2.05, 4.69) is 12.2 Å². The van der Waals surface area contributed by atoms with Crippen molar-refractivity contribution in [3.05, 3.63) is 29.3 Å². The van der Waals surface area contributed by atoms with Crippen molar-refractivity contribution in [1.29, 1.82) is 0 Å². The van der Waals surface area contributed by atoms with Crippen LogP contribution >= 0.6 is 0 Å². The van der Waals surface area contributed by atoms with Crippen molar-refractivity contribution in [2.45, 2.75) is 26.3 Å². The molecular weight excluding hydrogens is 230 g/mol. The average Bonchev–Trinajstić information content (AvgIpc) is 2.38. The van der Waals surface area contributed by atoms with E-state index in [9.17, 15) is 4.79 Å². The summed E-state index contributed by atoms with van der Waals surface area (Å²) in [7, 11) is 3.08. The molecule has 0 aliphatic carbocycles. The summed E-state index contributed by atoms with van der Waals surface area (Å²) in [6, 6.07) is 5.80. The second kappa shape index (κ2) is 7.01. The van der Waals surface area contributed by atoms with Gasteiger partial charge in [-0.2, -0.15) is 0 Å². The van der Waals surface area contributed by atoms with E-state index in [4.69, 9.17) is 9.47 Å². The Kier molecular flexibility index (Phi) is 5.65. The number of hydrogen-bond acceptors (Lipinski definition) is 4. The Labute approximate surface area is 108 Å². The van der Waals surface area contributed by atoms with Crippen LogP contribution in [0.4, 0.5) is 5.69 Å². The Morgan fingerprint density at radius 3 is 2.72 bits per heavy atom. The summed E-state index contributed by atoms with van der Waals surface area (Å²) in [4.78, 5) is 11.5. The van der Waals surface area contributed by atoms with Crippen molar-refractivity contribution in [3.63, 3.8) is 0 Å². The van der Waals surface area contributed by atoms with Gasteiger partial charge in [0, 0.05) is 25.4 Å². The van der Waals surface area contributed by atoms with E-state index in [0.717, 1.165) is 17.7 Å². The van der Waals surface area contributed by atoms with Crippen LogP contribution in [0.5, 0.6) is 0 Å². The molecule has 0 amide bonds. The van der Waals surface area contributed by atoms with Crippen molar-refractivity contribution >= 4 is 11.7 Å². The van der Waals surface area contributed by atoms with Crippen LogP contribution in [0.1, 0.15) is 29.3 Å². The monoisotopic (exact) mass is 251 g/mol. The van der Waals surface area contributed by atoms with Gasteiger partial charge >= 0.3 is 5.97 Å². The van der Waals surface area contributed by atoms with E-state index in [1.165, 1.54) is 7.11 Å². The summed E-state index contributed by atoms with van der Waals surface area (Å²) in [6.07, 6.45) is 0.915. The van der Waals surface area contributed by atoms with E-state index >= 15 is 0 Å². The Hall–Kier alpha value is -1.55. The molecule has 1 N–H and O–H groups in total. The Bertz CT molecular complexity index is 404. The molecule has 4 heteroatoms. The lowest BCUT2D eigenvalue weighted by Gasteiger charge is -2.17. The van der Waals surface area contributed by atoms with Gasteiger partial charge in [0.05, 0.1) is 12.7 Å². The third-order valence-corrected chi connectivity index (χ3v) is 2.82. The zero-order valence-corrected chi connectivity index (χ0v) is 11.4. The fourth-order valence-corrected chi connectivity index (χ4v) is 1.65. The number of methoxy groups -OCH3 is 2. The number of aryl methyl sites for hydroxylation is 1. The zero-order chi connectivity index (χ0) is 13.5. The SMILES string of the molecule is COCCC(C)Nc1cc(C(=O)OC)ccc1C. The molecule has 1 unspecified atom stereocenters. The lowest BCUT2D eigenvalue weighted by molar-refractivity contribution is 0.0601. The first-order valence-corrected chi connectivity index (χ1v) is 6.03. The maximum absolute atomic E-state index is 11.5.